The third-order valence-electron chi connectivity index (χ3n) is 3.72. The van der Waals surface area contributed by atoms with Crippen LogP contribution >= 0.6 is 11.6 Å². The molecule has 1 heterocycles. The molecule has 1 N–H and O–H groups in total. The van der Waals surface area contributed by atoms with Crippen LogP contribution in [0.4, 0.5) is 4.39 Å². The molecule has 0 amide bonds. The molecule has 20 heavy (non-hydrogen) atoms. The van der Waals surface area contributed by atoms with E-state index in [1.165, 1.54) is 12.1 Å². The summed E-state index contributed by atoms with van der Waals surface area (Å²) in [6.45, 7) is 6.36. The van der Waals surface area contributed by atoms with Crippen LogP contribution in [0.1, 0.15) is 19.4 Å². The van der Waals surface area contributed by atoms with Gasteiger partial charge in [-0.2, -0.15) is 0 Å². The van der Waals surface area contributed by atoms with Gasteiger partial charge < -0.3 is 9.84 Å². The summed E-state index contributed by atoms with van der Waals surface area (Å²) in [5, 5.41) is 10.8. The monoisotopic (exact) mass is 301 g/mol. The third kappa shape index (κ3) is 3.92. The topological polar surface area (TPSA) is 32.7 Å². The number of aliphatic hydroxyl groups excluding tert-OH is 1. The van der Waals surface area contributed by atoms with E-state index in [2.05, 4.69) is 18.7 Å². The van der Waals surface area contributed by atoms with Crippen LogP contribution < -0.4 is 0 Å². The molecule has 1 saturated heterocycles. The molecule has 0 saturated carbocycles. The van der Waals surface area contributed by atoms with Gasteiger partial charge >= 0.3 is 0 Å². The molecule has 2 atom stereocenters. The molecule has 1 aliphatic heterocycles. The van der Waals surface area contributed by atoms with Gasteiger partial charge in [0.1, 0.15) is 5.82 Å². The summed E-state index contributed by atoms with van der Waals surface area (Å²) in [7, 11) is 0. The lowest BCUT2D eigenvalue weighted by Gasteiger charge is -2.37. The van der Waals surface area contributed by atoms with Crippen LogP contribution in [0.25, 0.3) is 0 Å². The number of nitrogens with zero attached hydrogens (tertiary/aromatic N) is 1. The molecule has 0 spiro atoms. The van der Waals surface area contributed by atoms with E-state index in [9.17, 15) is 9.50 Å². The van der Waals surface area contributed by atoms with E-state index >= 15 is 0 Å². The van der Waals surface area contributed by atoms with Gasteiger partial charge in [-0.25, -0.2) is 4.39 Å². The van der Waals surface area contributed by atoms with E-state index < -0.39 is 6.10 Å². The molecule has 1 fully saturated rings. The molecule has 0 bridgehead atoms. The minimum absolute atomic E-state index is 0.211. The number of hydrogen-bond acceptors (Lipinski definition) is 3. The lowest BCUT2D eigenvalue weighted by Crippen LogP contribution is -2.50. The molecule has 0 aliphatic carbocycles. The summed E-state index contributed by atoms with van der Waals surface area (Å²) in [6.07, 6.45) is -0.808. The first-order valence-corrected chi connectivity index (χ1v) is 7.33. The van der Waals surface area contributed by atoms with Crippen molar-refractivity contribution in [3.8, 4) is 0 Å². The standard InChI is InChI=1S/C15H21ClFNO2/c1-10(2)18-5-6-20-15(9-18)14(19)8-11-7-12(16)3-4-13(11)17/h3-4,7,10,14-15,19H,5-6,8-9H2,1-2H3. The Bertz CT molecular complexity index is 455. The molecule has 1 aromatic rings. The fraction of sp³-hybridized carbons (Fsp3) is 0.600. The highest BCUT2D eigenvalue weighted by Crippen LogP contribution is 2.19. The maximum absolute atomic E-state index is 13.7. The van der Waals surface area contributed by atoms with Crippen LogP contribution in [0.3, 0.4) is 0 Å². The molecule has 0 aromatic heterocycles. The second-order valence-corrected chi connectivity index (χ2v) is 5.94. The van der Waals surface area contributed by atoms with Crippen molar-refractivity contribution in [3.63, 3.8) is 0 Å². The van der Waals surface area contributed by atoms with Crippen LogP contribution in [0.15, 0.2) is 18.2 Å². The van der Waals surface area contributed by atoms with Gasteiger partial charge in [-0.3, -0.25) is 4.90 Å². The highest BCUT2D eigenvalue weighted by atomic mass is 35.5. The van der Waals surface area contributed by atoms with Gasteiger partial charge in [-0.05, 0) is 37.6 Å². The summed E-state index contributed by atoms with van der Waals surface area (Å²) in [5.74, 6) is -0.343. The van der Waals surface area contributed by atoms with E-state index in [4.69, 9.17) is 16.3 Å². The molecular weight excluding hydrogens is 281 g/mol. The van der Waals surface area contributed by atoms with Crippen molar-refractivity contribution < 1.29 is 14.2 Å². The predicted molar refractivity (Wildman–Crippen MR) is 77.6 cm³/mol. The van der Waals surface area contributed by atoms with E-state index in [1.54, 1.807) is 6.07 Å². The molecule has 2 rings (SSSR count). The first-order valence-electron chi connectivity index (χ1n) is 6.95. The number of rotatable bonds is 4. The van der Waals surface area contributed by atoms with Crippen LogP contribution in [0.5, 0.6) is 0 Å². The van der Waals surface area contributed by atoms with E-state index in [0.717, 1.165) is 6.54 Å². The first kappa shape index (κ1) is 15.7. The summed E-state index contributed by atoms with van der Waals surface area (Å²) in [5.41, 5.74) is 0.426. The third-order valence-corrected chi connectivity index (χ3v) is 3.96. The molecule has 2 unspecified atom stereocenters. The van der Waals surface area contributed by atoms with Crippen LogP contribution in [0.2, 0.25) is 5.02 Å². The van der Waals surface area contributed by atoms with Crippen molar-refractivity contribution >= 4 is 11.6 Å². The van der Waals surface area contributed by atoms with E-state index in [-0.39, 0.29) is 18.3 Å². The molecule has 5 heteroatoms. The lowest BCUT2D eigenvalue weighted by atomic mass is 10.0. The maximum atomic E-state index is 13.7. The fourth-order valence-corrected chi connectivity index (χ4v) is 2.65. The quantitative estimate of drug-likeness (QED) is 0.927. The Morgan fingerprint density at radius 2 is 2.25 bits per heavy atom. The van der Waals surface area contributed by atoms with Crippen molar-refractivity contribution in [1.82, 2.24) is 4.90 Å². The van der Waals surface area contributed by atoms with E-state index in [0.29, 0.717) is 29.8 Å². The average Bonchev–Trinajstić information content (AvgIpc) is 2.43. The van der Waals surface area contributed by atoms with Gasteiger partial charge in [-0.15, -0.1) is 0 Å². The Kier molecular flexibility index (Phi) is 5.38. The SMILES string of the molecule is CC(C)N1CCOC(C(O)Cc2cc(Cl)ccc2F)C1. The average molecular weight is 302 g/mol. The normalized spacial score (nSPS) is 22.2. The molecule has 112 valence electrons. The van der Waals surface area contributed by atoms with Crippen molar-refractivity contribution in [3.05, 3.63) is 34.6 Å². The number of benzene rings is 1. The van der Waals surface area contributed by atoms with Gasteiger partial charge in [0.25, 0.3) is 0 Å². The smallest absolute Gasteiger partial charge is 0.126 e. The highest BCUT2D eigenvalue weighted by Gasteiger charge is 2.28. The van der Waals surface area contributed by atoms with Crippen molar-refractivity contribution in [2.24, 2.45) is 0 Å². The molecule has 0 radical (unpaired) electrons. The molecular formula is C15H21ClFNO2. The fourth-order valence-electron chi connectivity index (χ4n) is 2.45. The Morgan fingerprint density at radius 3 is 2.95 bits per heavy atom. The number of halogens is 2. The zero-order chi connectivity index (χ0) is 14.7. The number of hydrogen-bond donors (Lipinski definition) is 1. The van der Waals surface area contributed by atoms with Crippen molar-refractivity contribution in [2.75, 3.05) is 19.7 Å². The molecule has 1 aliphatic rings. The van der Waals surface area contributed by atoms with Crippen LogP contribution in [0, 0.1) is 5.82 Å². The molecule has 1 aromatic carbocycles. The summed E-state index contributed by atoms with van der Waals surface area (Å²) >= 11 is 5.86. The minimum atomic E-state index is -0.732. The Labute approximate surface area is 124 Å². The van der Waals surface area contributed by atoms with Gasteiger partial charge in [0.15, 0.2) is 0 Å². The largest absolute Gasteiger partial charge is 0.390 e. The van der Waals surface area contributed by atoms with Crippen LogP contribution in [-0.4, -0.2) is 48.0 Å². The molecule has 3 nitrogen and oxygen atoms in total. The first-order chi connectivity index (χ1) is 9.47. The Hall–Kier alpha value is -0.680. The van der Waals surface area contributed by atoms with Crippen molar-refractivity contribution in [2.45, 2.75) is 38.5 Å². The van der Waals surface area contributed by atoms with Gasteiger partial charge in [0.2, 0.25) is 0 Å². The second kappa shape index (κ2) is 6.85. The summed E-state index contributed by atoms with van der Waals surface area (Å²) in [4.78, 5) is 2.26. The predicted octanol–water partition coefficient (Wildman–Crippen LogP) is 2.49. The Balaban J connectivity index is 2.00. The number of aliphatic hydroxyl groups is 1. The number of morpholine rings is 1. The summed E-state index contributed by atoms with van der Waals surface area (Å²) in [6, 6.07) is 4.80. The maximum Gasteiger partial charge on any atom is 0.126 e. The van der Waals surface area contributed by atoms with Crippen LogP contribution in [-0.2, 0) is 11.2 Å². The van der Waals surface area contributed by atoms with Crippen molar-refractivity contribution in [1.29, 1.82) is 0 Å². The minimum Gasteiger partial charge on any atom is -0.390 e. The van der Waals surface area contributed by atoms with Gasteiger partial charge in [0, 0.05) is 30.6 Å². The van der Waals surface area contributed by atoms with Gasteiger partial charge in [0.05, 0.1) is 18.8 Å². The van der Waals surface area contributed by atoms with Gasteiger partial charge in [-0.1, -0.05) is 11.6 Å². The lowest BCUT2D eigenvalue weighted by molar-refractivity contribution is -0.0942. The zero-order valence-electron chi connectivity index (χ0n) is 11.9. The highest BCUT2D eigenvalue weighted by molar-refractivity contribution is 6.30. The number of ether oxygens (including phenoxy) is 1. The Morgan fingerprint density at radius 1 is 1.50 bits per heavy atom. The van der Waals surface area contributed by atoms with E-state index in [1.807, 2.05) is 0 Å². The zero-order valence-corrected chi connectivity index (χ0v) is 12.6. The summed E-state index contributed by atoms with van der Waals surface area (Å²) < 4.78 is 19.3. The second-order valence-electron chi connectivity index (χ2n) is 5.51.